The number of aromatic carboxylic acids is 1. The molecule has 5 heteroatoms. The smallest absolute Gasteiger partial charge is 0.335 e. The Morgan fingerprint density at radius 3 is 2.90 bits per heavy atom. The fourth-order valence-electron chi connectivity index (χ4n) is 2.27. The monoisotopic (exact) mass is 282 g/mol. The summed E-state index contributed by atoms with van der Waals surface area (Å²) < 4.78 is 7.68. The van der Waals surface area contributed by atoms with Crippen molar-refractivity contribution in [3.05, 3.63) is 60.0 Å². The van der Waals surface area contributed by atoms with Crippen molar-refractivity contribution >= 4 is 16.9 Å². The third kappa shape index (κ3) is 2.58. The Hall–Kier alpha value is -2.82. The van der Waals surface area contributed by atoms with E-state index in [1.165, 1.54) is 0 Å². The van der Waals surface area contributed by atoms with Crippen LogP contribution in [0.15, 0.2) is 48.8 Å². The number of pyridine rings is 1. The third-order valence-electron chi connectivity index (χ3n) is 3.41. The van der Waals surface area contributed by atoms with Gasteiger partial charge in [0.15, 0.2) is 0 Å². The van der Waals surface area contributed by atoms with Crippen molar-refractivity contribution in [3.8, 4) is 5.75 Å². The van der Waals surface area contributed by atoms with Crippen LogP contribution < -0.4 is 4.74 Å². The molecular formula is C16H14N2O3. The molecule has 21 heavy (non-hydrogen) atoms. The number of carboxylic acid groups (broad SMARTS) is 1. The quantitative estimate of drug-likeness (QED) is 0.799. The molecule has 2 aromatic heterocycles. The van der Waals surface area contributed by atoms with Crippen LogP contribution in [0, 0.1) is 0 Å². The predicted molar refractivity (Wildman–Crippen MR) is 78.4 cm³/mol. The first-order chi connectivity index (χ1) is 10.1. The van der Waals surface area contributed by atoms with Gasteiger partial charge in [0.05, 0.1) is 17.5 Å². The maximum absolute atomic E-state index is 11.0. The first-order valence-electron chi connectivity index (χ1n) is 6.49. The minimum absolute atomic E-state index is 0.285. The first-order valence-corrected chi connectivity index (χ1v) is 6.49. The zero-order chi connectivity index (χ0) is 14.8. The normalized spacial score (nSPS) is 10.7. The van der Waals surface area contributed by atoms with E-state index in [-0.39, 0.29) is 5.56 Å². The fraction of sp³-hybridized carbons (Fsp3) is 0.125. The van der Waals surface area contributed by atoms with E-state index in [1.54, 1.807) is 24.5 Å². The second kappa shape index (κ2) is 5.28. The van der Waals surface area contributed by atoms with E-state index in [2.05, 4.69) is 4.98 Å². The largest absolute Gasteiger partial charge is 0.486 e. The molecule has 1 aromatic carbocycles. The van der Waals surface area contributed by atoms with Crippen molar-refractivity contribution in [2.45, 2.75) is 6.61 Å². The maximum Gasteiger partial charge on any atom is 0.335 e. The summed E-state index contributed by atoms with van der Waals surface area (Å²) in [5, 5.41) is 9.92. The van der Waals surface area contributed by atoms with Crippen LogP contribution in [-0.4, -0.2) is 20.6 Å². The number of hydrogen-bond donors (Lipinski definition) is 1. The summed E-state index contributed by atoms with van der Waals surface area (Å²) in [6.07, 6.45) is 3.35. The molecule has 0 radical (unpaired) electrons. The number of ether oxygens (including phenoxy) is 1. The Kier molecular flexibility index (Phi) is 3.31. The molecule has 0 aliphatic carbocycles. The van der Waals surface area contributed by atoms with Gasteiger partial charge in [0, 0.05) is 24.1 Å². The van der Waals surface area contributed by atoms with E-state index in [0.29, 0.717) is 12.4 Å². The third-order valence-corrected chi connectivity index (χ3v) is 3.41. The van der Waals surface area contributed by atoms with Gasteiger partial charge in [-0.1, -0.05) is 0 Å². The van der Waals surface area contributed by atoms with Gasteiger partial charge >= 0.3 is 5.97 Å². The molecule has 0 atom stereocenters. The minimum atomic E-state index is -0.922. The van der Waals surface area contributed by atoms with Crippen LogP contribution in [0.1, 0.15) is 16.1 Å². The lowest BCUT2D eigenvalue weighted by atomic mass is 10.1. The van der Waals surface area contributed by atoms with Crippen molar-refractivity contribution < 1.29 is 14.6 Å². The van der Waals surface area contributed by atoms with Crippen molar-refractivity contribution in [1.29, 1.82) is 0 Å². The lowest BCUT2D eigenvalue weighted by Crippen LogP contribution is -2.01. The van der Waals surface area contributed by atoms with Gasteiger partial charge in [-0.3, -0.25) is 4.98 Å². The van der Waals surface area contributed by atoms with Gasteiger partial charge in [-0.25, -0.2) is 4.79 Å². The first kappa shape index (κ1) is 13.2. The lowest BCUT2D eigenvalue weighted by Gasteiger charge is -2.07. The number of hydrogen-bond acceptors (Lipinski definition) is 3. The summed E-state index contributed by atoms with van der Waals surface area (Å²) in [4.78, 5) is 15.0. The predicted octanol–water partition coefficient (Wildman–Crippen LogP) is 2.85. The molecule has 0 saturated carbocycles. The fourth-order valence-corrected chi connectivity index (χ4v) is 2.27. The number of aryl methyl sites for hydroxylation is 1. The summed E-state index contributed by atoms with van der Waals surface area (Å²) in [7, 11) is 1.94. The van der Waals surface area contributed by atoms with Crippen molar-refractivity contribution in [2.24, 2.45) is 7.05 Å². The molecule has 2 heterocycles. The van der Waals surface area contributed by atoms with Crippen LogP contribution >= 0.6 is 0 Å². The molecule has 5 nitrogen and oxygen atoms in total. The molecule has 0 spiro atoms. The summed E-state index contributed by atoms with van der Waals surface area (Å²) in [6.45, 7) is 0.402. The minimum Gasteiger partial charge on any atom is -0.486 e. The molecule has 0 amide bonds. The number of rotatable bonds is 4. The molecular weight excluding hydrogens is 268 g/mol. The second-order valence-electron chi connectivity index (χ2n) is 4.75. The van der Waals surface area contributed by atoms with Gasteiger partial charge < -0.3 is 14.4 Å². The number of aromatic nitrogens is 2. The average Bonchev–Trinajstić information content (AvgIpc) is 2.82. The second-order valence-corrected chi connectivity index (χ2v) is 4.75. The Morgan fingerprint density at radius 1 is 1.33 bits per heavy atom. The van der Waals surface area contributed by atoms with Crippen LogP contribution in [0.5, 0.6) is 5.75 Å². The van der Waals surface area contributed by atoms with Gasteiger partial charge in [0.1, 0.15) is 12.4 Å². The summed E-state index contributed by atoms with van der Waals surface area (Å²) in [6, 6.07) is 10.7. The molecule has 106 valence electrons. The highest BCUT2D eigenvalue weighted by Gasteiger charge is 2.09. The molecule has 0 unspecified atom stereocenters. The van der Waals surface area contributed by atoms with Gasteiger partial charge in [0.25, 0.3) is 0 Å². The van der Waals surface area contributed by atoms with Gasteiger partial charge in [0.2, 0.25) is 0 Å². The molecule has 1 N–H and O–H groups in total. The van der Waals surface area contributed by atoms with Crippen molar-refractivity contribution in [3.63, 3.8) is 0 Å². The summed E-state index contributed by atoms with van der Waals surface area (Å²) in [5.41, 5.74) is 2.23. The van der Waals surface area contributed by atoms with Crippen LogP contribution in [-0.2, 0) is 13.7 Å². The molecule has 0 aliphatic heterocycles. The number of fused-ring (bicyclic) bond motifs is 1. The molecule has 3 rings (SSSR count). The number of nitrogens with zero attached hydrogens (tertiary/aromatic N) is 2. The van der Waals surface area contributed by atoms with Gasteiger partial charge in [-0.2, -0.15) is 0 Å². The SMILES string of the molecule is Cn1c(COc2cccnc2)cc2cc(C(=O)O)ccc21. The van der Waals surface area contributed by atoms with Gasteiger partial charge in [-0.05, 0) is 36.4 Å². The zero-order valence-corrected chi connectivity index (χ0v) is 11.5. The molecule has 0 bridgehead atoms. The van der Waals surface area contributed by atoms with Gasteiger partial charge in [-0.15, -0.1) is 0 Å². The number of carbonyl (C=O) groups is 1. The topological polar surface area (TPSA) is 64.4 Å². The Labute approximate surface area is 121 Å². The Bertz CT molecular complexity index is 794. The van der Waals surface area contributed by atoms with E-state index >= 15 is 0 Å². The lowest BCUT2D eigenvalue weighted by molar-refractivity contribution is 0.0697. The average molecular weight is 282 g/mol. The van der Waals surface area contributed by atoms with Crippen molar-refractivity contribution in [2.75, 3.05) is 0 Å². The molecule has 0 aliphatic rings. The van der Waals surface area contributed by atoms with Crippen LogP contribution in [0.25, 0.3) is 10.9 Å². The maximum atomic E-state index is 11.0. The molecule has 0 saturated heterocycles. The molecule has 0 fully saturated rings. The number of carboxylic acids is 1. The zero-order valence-electron chi connectivity index (χ0n) is 11.5. The standard InChI is InChI=1S/C16H14N2O3/c1-18-13(10-21-14-3-2-6-17-9-14)8-12-7-11(16(19)20)4-5-15(12)18/h2-9H,10H2,1H3,(H,19,20). The van der Waals surface area contributed by atoms with E-state index in [4.69, 9.17) is 9.84 Å². The highest BCUT2D eigenvalue weighted by atomic mass is 16.5. The van der Waals surface area contributed by atoms with Crippen molar-refractivity contribution in [1.82, 2.24) is 9.55 Å². The summed E-state index contributed by atoms with van der Waals surface area (Å²) >= 11 is 0. The van der Waals surface area contributed by atoms with Crippen LogP contribution in [0.3, 0.4) is 0 Å². The molecule has 3 aromatic rings. The number of benzene rings is 1. The van der Waals surface area contributed by atoms with E-state index in [1.807, 2.05) is 35.9 Å². The van der Waals surface area contributed by atoms with E-state index < -0.39 is 5.97 Å². The van der Waals surface area contributed by atoms with E-state index in [0.717, 1.165) is 16.6 Å². The Morgan fingerprint density at radius 2 is 2.19 bits per heavy atom. The highest BCUT2D eigenvalue weighted by molar-refractivity contribution is 5.93. The van der Waals surface area contributed by atoms with Crippen LogP contribution in [0.2, 0.25) is 0 Å². The Balaban J connectivity index is 1.89. The summed E-state index contributed by atoms with van der Waals surface area (Å²) in [5.74, 6) is -0.220. The van der Waals surface area contributed by atoms with E-state index in [9.17, 15) is 4.79 Å². The van der Waals surface area contributed by atoms with Crippen LogP contribution in [0.4, 0.5) is 0 Å². The highest BCUT2D eigenvalue weighted by Crippen LogP contribution is 2.21.